The van der Waals surface area contributed by atoms with Gasteiger partial charge in [-0.1, -0.05) is 12.1 Å². The molecule has 0 spiro atoms. The maximum atomic E-state index is 13.1. The smallest absolute Gasteiger partial charge is 0.417 e. The van der Waals surface area contributed by atoms with Gasteiger partial charge in [-0.2, -0.15) is 13.2 Å². The maximum Gasteiger partial charge on any atom is 0.417 e. The summed E-state index contributed by atoms with van der Waals surface area (Å²) in [4.78, 5) is 15.5. The summed E-state index contributed by atoms with van der Waals surface area (Å²) in [6.07, 6.45) is -1.86. The van der Waals surface area contributed by atoms with Crippen molar-refractivity contribution in [1.82, 2.24) is 4.98 Å². The lowest BCUT2D eigenvalue weighted by Gasteiger charge is -2.15. The number of alkyl halides is 3. The van der Waals surface area contributed by atoms with Crippen molar-refractivity contribution >= 4 is 5.97 Å². The van der Waals surface area contributed by atoms with Gasteiger partial charge in [0.1, 0.15) is 0 Å². The summed E-state index contributed by atoms with van der Waals surface area (Å²) in [7, 11) is 1.12. The van der Waals surface area contributed by atoms with Crippen molar-refractivity contribution in [2.45, 2.75) is 6.18 Å². The fourth-order valence-corrected chi connectivity index (χ4v) is 1.89. The molecule has 0 radical (unpaired) electrons. The van der Waals surface area contributed by atoms with Gasteiger partial charge in [0, 0.05) is 23.5 Å². The second kappa shape index (κ2) is 5.32. The minimum absolute atomic E-state index is 0.143. The first kappa shape index (κ1) is 14.0. The predicted molar refractivity (Wildman–Crippen MR) is 66.0 cm³/mol. The van der Waals surface area contributed by atoms with Gasteiger partial charge in [-0.15, -0.1) is 0 Å². The van der Waals surface area contributed by atoms with Gasteiger partial charge in [-0.05, 0) is 18.2 Å². The lowest BCUT2D eigenvalue weighted by Crippen LogP contribution is -2.12. The fraction of sp³-hybridized carbons (Fsp3) is 0.143. The van der Waals surface area contributed by atoms with Crippen molar-refractivity contribution in [3.63, 3.8) is 0 Å². The van der Waals surface area contributed by atoms with Crippen LogP contribution in [0.5, 0.6) is 0 Å². The molecule has 2 aromatic rings. The van der Waals surface area contributed by atoms with E-state index in [9.17, 15) is 18.0 Å². The highest BCUT2D eigenvalue weighted by molar-refractivity contribution is 5.98. The van der Waals surface area contributed by atoms with Gasteiger partial charge in [0.15, 0.2) is 0 Å². The Morgan fingerprint density at radius 3 is 2.50 bits per heavy atom. The number of halogens is 3. The van der Waals surface area contributed by atoms with Crippen LogP contribution in [0.1, 0.15) is 15.9 Å². The van der Waals surface area contributed by atoms with E-state index in [-0.39, 0.29) is 16.7 Å². The number of benzene rings is 1. The number of methoxy groups -OCH3 is 1. The highest BCUT2D eigenvalue weighted by Gasteiger charge is 2.35. The molecule has 0 saturated carbocycles. The second-order valence-electron chi connectivity index (χ2n) is 3.96. The molecular weight excluding hydrogens is 271 g/mol. The van der Waals surface area contributed by atoms with Crippen molar-refractivity contribution < 1.29 is 22.7 Å². The van der Waals surface area contributed by atoms with E-state index in [4.69, 9.17) is 0 Å². The average Bonchev–Trinajstić information content (AvgIpc) is 2.45. The van der Waals surface area contributed by atoms with E-state index in [0.717, 1.165) is 13.2 Å². The summed E-state index contributed by atoms with van der Waals surface area (Å²) in [6.45, 7) is 0. The van der Waals surface area contributed by atoms with Crippen molar-refractivity contribution in [1.29, 1.82) is 0 Å². The molecule has 0 atom stereocenters. The third-order valence-corrected chi connectivity index (χ3v) is 2.73. The number of hydrogen-bond acceptors (Lipinski definition) is 3. The third kappa shape index (κ3) is 2.64. The number of carbonyl (C=O) groups excluding carboxylic acids is 1. The molecule has 0 bridgehead atoms. The third-order valence-electron chi connectivity index (χ3n) is 2.73. The first-order valence-corrected chi connectivity index (χ1v) is 5.64. The number of pyridine rings is 1. The van der Waals surface area contributed by atoms with E-state index in [2.05, 4.69) is 9.72 Å². The Labute approximate surface area is 113 Å². The number of ether oxygens (including phenoxy) is 1. The molecule has 0 amide bonds. The van der Waals surface area contributed by atoms with Gasteiger partial charge in [-0.25, -0.2) is 4.79 Å². The molecule has 0 aliphatic carbocycles. The van der Waals surface area contributed by atoms with Crippen LogP contribution in [0.25, 0.3) is 11.1 Å². The number of rotatable bonds is 2. The van der Waals surface area contributed by atoms with Crippen LogP contribution in [0.2, 0.25) is 0 Å². The summed E-state index contributed by atoms with van der Waals surface area (Å²) in [6, 6.07) is 6.36. The Hall–Kier alpha value is -2.37. The molecule has 104 valence electrons. The standard InChI is InChI=1S/C14H10F3NO2/c1-20-13(19)10-5-2-6-11(14(15,16)17)12(10)9-4-3-7-18-8-9/h2-8H,1H3. The average molecular weight is 281 g/mol. The van der Waals surface area contributed by atoms with E-state index < -0.39 is 17.7 Å². The Balaban J connectivity index is 2.76. The molecule has 6 heteroatoms. The molecule has 0 aliphatic heterocycles. The van der Waals surface area contributed by atoms with Crippen LogP contribution < -0.4 is 0 Å². The molecule has 0 N–H and O–H groups in total. The van der Waals surface area contributed by atoms with Gasteiger partial charge >= 0.3 is 12.1 Å². The molecule has 3 nitrogen and oxygen atoms in total. The number of hydrogen-bond donors (Lipinski definition) is 0. The second-order valence-corrected chi connectivity index (χ2v) is 3.96. The number of nitrogens with zero attached hydrogens (tertiary/aromatic N) is 1. The highest BCUT2D eigenvalue weighted by atomic mass is 19.4. The SMILES string of the molecule is COC(=O)c1cccc(C(F)(F)F)c1-c1cccnc1. The minimum Gasteiger partial charge on any atom is -0.465 e. The first-order chi connectivity index (χ1) is 9.45. The molecule has 0 aliphatic rings. The Morgan fingerprint density at radius 2 is 1.95 bits per heavy atom. The molecular formula is C14H10F3NO2. The van der Waals surface area contributed by atoms with Crippen LogP contribution in [-0.4, -0.2) is 18.1 Å². The molecule has 0 unspecified atom stereocenters. The normalized spacial score (nSPS) is 11.2. The van der Waals surface area contributed by atoms with Crippen molar-refractivity contribution in [2.24, 2.45) is 0 Å². The largest absolute Gasteiger partial charge is 0.465 e. The summed E-state index contributed by atoms with van der Waals surface area (Å²) in [5.41, 5.74) is -1.05. The summed E-state index contributed by atoms with van der Waals surface area (Å²) < 4.78 is 43.9. The Kier molecular flexibility index (Phi) is 3.74. The quantitative estimate of drug-likeness (QED) is 0.790. The molecule has 0 fully saturated rings. The number of esters is 1. The van der Waals surface area contributed by atoms with E-state index in [0.29, 0.717) is 0 Å². The van der Waals surface area contributed by atoms with Crippen LogP contribution >= 0.6 is 0 Å². The Morgan fingerprint density at radius 1 is 1.20 bits per heavy atom. The molecule has 0 saturated heterocycles. The monoisotopic (exact) mass is 281 g/mol. The zero-order chi connectivity index (χ0) is 14.8. The van der Waals surface area contributed by atoms with Gasteiger partial charge < -0.3 is 4.74 Å². The van der Waals surface area contributed by atoms with E-state index >= 15 is 0 Å². The van der Waals surface area contributed by atoms with Crippen LogP contribution in [0.3, 0.4) is 0 Å². The van der Waals surface area contributed by atoms with Crippen molar-refractivity contribution in [3.8, 4) is 11.1 Å². The molecule has 1 aromatic heterocycles. The van der Waals surface area contributed by atoms with Gasteiger partial charge in [0.25, 0.3) is 0 Å². The molecule has 1 heterocycles. The maximum absolute atomic E-state index is 13.1. The van der Waals surface area contributed by atoms with Crippen molar-refractivity contribution in [3.05, 3.63) is 53.9 Å². The minimum atomic E-state index is -4.57. The number of aromatic nitrogens is 1. The van der Waals surface area contributed by atoms with Gasteiger partial charge in [0.2, 0.25) is 0 Å². The van der Waals surface area contributed by atoms with Crippen LogP contribution in [0, 0.1) is 0 Å². The summed E-state index contributed by atoms with van der Waals surface area (Å²) in [5.74, 6) is -0.824. The zero-order valence-electron chi connectivity index (χ0n) is 10.4. The lowest BCUT2D eigenvalue weighted by atomic mass is 9.95. The summed E-state index contributed by atoms with van der Waals surface area (Å²) >= 11 is 0. The van der Waals surface area contributed by atoms with E-state index in [1.54, 1.807) is 0 Å². The summed E-state index contributed by atoms with van der Waals surface area (Å²) in [5, 5.41) is 0. The van der Waals surface area contributed by atoms with Crippen LogP contribution in [0.4, 0.5) is 13.2 Å². The van der Waals surface area contributed by atoms with Crippen LogP contribution in [-0.2, 0) is 10.9 Å². The molecule has 1 aromatic carbocycles. The van der Waals surface area contributed by atoms with Crippen molar-refractivity contribution in [2.75, 3.05) is 7.11 Å². The zero-order valence-corrected chi connectivity index (χ0v) is 10.4. The number of carbonyl (C=O) groups is 1. The topological polar surface area (TPSA) is 39.2 Å². The van der Waals surface area contributed by atoms with E-state index in [1.165, 1.54) is 36.7 Å². The van der Waals surface area contributed by atoms with Gasteiger partial charge in [-0.3, -0.25) is 4.98 Å². The fourth-order valence-electron chi connectivity index (χ4n) is 1.89. The van der Waals surface area contributed by atoms with Crippen LogP contribution in [0.15, 0.2) is 42.7 Å². The lowest BCUT2D eigenvalue weighted by molar-refractivity contribution is -0.137. The Bertz CT molecular complexity index is 624. The molecule has 20 heavy (non-hydrogen) atoms. The predicted octanol–water partition coefficient (Wildman–Crippen LogP) is 3.55. The highest BCUT2D eigenvalue weighted by Crippen LogP contribution is 2.38. The van der Waals surface area contributed by atoms with Gasteiger partial charge in [0.05, 0.1) is 18.2 Å². The molecule has 2 rings (SSSR count). The first-order valence-electron chi connectivity index (χ1n) is 5.64. The van der Waals surface area contributed by atoms with E-state index in [1.807, 2.05) is 0 Å².